The Hall–Kier alpha value is -1.02. The third-order valence-corrected chi connectivity index (χ3v) is 7.88. The number of allylic oxidation sites excluding steroid dienone is 5. The van der Waals surface area contributed by atoms with Crippen molar-refractivity contribution in [2.24, 2.45) is 28.6 Å². The fraction of sp³-hybridized carbons (Fsp3) is 0.714. The van der Waals surface area contributed by atoms with Crippen molar-refractivity contribution in [2.45, 2.75) is 59.0 Å². The molecule has 0 aromatic heterocycles. The molecule has 0 amide bonds. The average molecular weight is 314 g/mol. The monoisotopic (exact) mass is 314 g/mol. The number of hydrogen-bond donors (Lipinski definition) is 1. The Kier molecular flexibility index (Phi) is 3.36. The van der Waals surface area contributed by atoms with Crippen LogP contribution >= 0.6 is 0 Å². The Morgan fingerprint density at radius 1 is 1.22 bits per heavy atom. The third-order valence-electron chi connectivity index (χ3n) is 7.88. The normalized spacial score (nSPS) is 48.5. The Morgan fingerprint density at radius 2 is 2.00 bits per heavy atom. The minimum Gasteiger partial charge on any atom is -0.501 e. The first-order chi connectivity index (χ1) is 10.9. The van der Waals surface area contributed by atoms with Crippen LogP contribution in [0, 0.1) is 28.6 Å². The molecular weight excluding hydrogens is 284 g/mol. The zero-order valence-corrected chi connectivity index (χ0v) is 14.9. The fourth-order valence-corrected chi connectivity index (χ4v) is 6.40. The summed E-state index contributed by atoms with van der Waals surface area (Å²) < 4.78 is 5.63. The first-order valence-electron chi connectivity index (χ1n) is 9.23. The van der Waals surface area contributed by atoms with Gasteiger partial charge in [0.2, 0.25) is 0 Å². The Morgan fingerprint density at radius 3 is 2.74 bits per heavy atom. The summed E-state index contributed by atoms with van der Waals surface area (Å²) in [5, 5.41) is 10.5. The van der Waals surface area contributed by atoms with Crippen molar-refractivity contribution >= 4 is 0 Å². The molecule has 1 fully saturated rings. The van der Waals surface area contributed by atoms with Gasteiger partial charge in [0.1, 0.15) is 0 Å². The molecule has 0 bridgehead atoms. The molecule has 23 heavy (non-hydrogen) atoms. The molecule has 0 aromatic carbocycles. The maximum atomic E-state index is 10.5. The molecule has 6 unspecified atom stereocenters. The zero-order chi connectivity index (χ0) is 16.4. The van der Waals surface area contributed by atoms with Gasteiger partial charge in [0.15, 0.2) is 0 Å². The van der Waals surface area contributed by atoms with Gasteiger partial charge < -0.3 is 9.84 Å². The van der Waals surface area contributed by atoms with E-state index in [1.54, 1.807) is 5.57 Å². The lowest BCUT2D eigenvalue weighted by Crippen LogP contribution is -2.50. The second-order valence-corrected chi connectivity index (χ2v) is 8.69. The molecule has 0 spiro atoms. The lowest BCUT2D eigenvalue weighted by molar-refractivity contribution is -0.0542. The summed E-state index contributed by atoms with van der Waals surface area (Å²) in [7, 11) is 1.81. The minimum atomic E-state index is -0.250. The summed E-state index contributed by atoms with van der Waals surface area (Å²) in [5.41, 5.74) is 3.29. The van der Waals surface area contributed by atoms with Gasteiger partial charge in [-0.05, 0) is 66.9 Å². The second kappa shape index (κ2) is 4.99. The van der Waals surface area contributed by atoms with Crippen molar-refractivity contribution < 1.29 is 9.84 Å². The Labute approximate surface area is 140 Å². The van der Waals surface area contributed by atoms with Crippen LogP contribution in [-0.4, -0.2) is 18.3 Å². The van der Waals surface area contributed by atoms with Crippen LogP contribution in [-0.2, 0) is 4.74 Å². The van der Waals surface area contributed by atoms with Gasteiger partial charge in [0.05, 0.1) is 19.0 Å². The summed E-state index contributed by atoms with van der Waals surface area (Å²) in [5.74, 6) is 3.15. The number of aliphatic hydroxyl groups excluding tert-OH is 1. The molecule has 2 heteroatoms. The number of rotatable bonds is 1. The van der Waals surface area contributed by atoms with Crippen LogP contribution in [0.5, 0.6) is 0 Å². The quantitative estimate of drug-likeness (QED) is 0.716. The summed E-state index contributed by atoms with van der Waals surface area (Å²) in [6.07, 6.45) is 12.5. The highest BCUT2D eigenvalue weighted by molar-refractivity contribution is 5.43. The summed E-state index contributed by atoms with van der Waals surface area (Å²) in [6.45, 7) is 7.03. The maximum Gasteiger partial charge on any atom is 0.0987 e. The molecular formula is C21H30O2. The molecule has 0 aliphatic heterocycles. The van der Waals surface area contributed by atoms with E-state index in [1.807, 2.05) is 7.11 Å². The lowest BCUT2D eigenvalue weighted by Gasteiger charge is -2.57. The minimum absolute atomic E-state index is 0.0696. The van der Waals surface area contributed by atoms with Crippen molar-refractivity contribution in [1.29, 1.82) is 0 Å². The third kappa shape index (κ3) is 1.91. The Balaban J connectivity index is 1.74. The number of hydrogen-bond acceptors (Lipinski definition) is 2. The van der Waals surface area contributed by atoms with E-state index in [-0.39, 0.29) is 16.9 Å². The number of fused-ring (bicyclic) bond motifs is 5. The largest absolute Gasteiger partial charge is 0.501 e. The van der Waals surface area contributed by atoms with Crippen LogP contribution in [0.3, 0.4) is 0 Å². The molecule has 4 rings (SSSR count). The molecule has 1 N–H and O–H groups in total. The van der Waals surface area contributed by atoms with Crippen molar-refractivity contribution in [2.75, 3.05) is 7.11 Å². The van der Waals surface area contributed by atoms with E-state index < -0.39 is 0 Å². The van der Waals surface area contributed by atoms with E-state index in [2.05, 4.69) is 39.0 Å². The van der Waals surface area contributed by atoms with Crippen LogP contribution < -0.4 is 0 Å². The van der Waals surface area contributed by atoms with Crippen LogP contribution in [0.4, 0.5) is 0 Å². The van der Waals surface area contributed by atoms with Crippen LogP contribution in [0.1, 0.15) is 52.9 Å². The zero-order valence-electron chi connectivity index (χ0n) is 14.9. The van der Waals surface area contributed by atoms with Crippen molar-refractivity contribution in [1.82, 2.24) is 0 Å². The van der Waals surface area contributed by atoms with Gasteiger partial charge in [-0.25, -0.2) is 0 Å². The van der Waals surface area contributed by atoms with E-state index in [0.717, 1.165) is 25.2 Å². The summed E-state index contributed by atoms with van der Waals surface area (Å²) in [4.78, 5) is 0. The standard InChI is InChI=1S/C21H30O2/c1-13-15-6-5-14-16-7-8-19(22)21(16,3)11-9-17(14)20(15,2)12-10-18(13)23-4/h6-8,14,16-17,19,22H,5,9-12H2,1-4H3. The average Bonchev–Trinajstić information content (AvgIpc) is 2.83. The van der Waals surface area contributed by atoms with Crippen molar-refractivity contribution in [3.8, 4) is 0 Å². The molecule has 0 heterocycles. The van der Waals surface area contributed by atoms with E-state index in [9.17, 15) is 5.11 Å². The van der Waals surface area contributed by atoms with E-state index >= 15 is 0 Å². The smallest absolute Gasteiger partial charge is 0.0987 e. The van der Waals surface area contributed by atoms with Crippen LogP contribution in [0.15, 0.2) is 35.1 Å². The highest BCUT2D eigenvalue weighted by Crippen LogP contribution is 2.63. The SMILES string of the molecule is COC1=C(C)C2=CCC3C(CCC4(C)C(O)C=CC34)C2(C)CC1. The van der Waals surface area contributed by atoms with Crippen molar-refractivity contribution in [3.05, 3.63) is 35.1 Å². The lowest BCUT2D eigenvalue weighted by atomic mass is 9.48. The molecule has 1 saturated carbocycles. The van der Waals surface area contributed by atoms with E-state index in [1.165, 1.54) is 24.2 Å². The molecule has 0 radical (unpaired) electrons. The summed E-state index contributed by atoms with van der Waals surface area (Å²) in [6, 6.07) is 0. The van der Waals surface area contributed by atoms with Gasteiger partial charge in [0, 0.05) is 11.8 Å². The van der Waals surface area contributed by atoms with Crippen molar-refractivity contribution in [3.63, 3.8) is 0 Å². The highest BCUT2D eigenvalue weighted by Gasteiger charge is 2.57. The van der Waals surface area contributed by atoms with E-state index in [4.69, 9.17) is 4.74 Å². The molecule has 4 aliphatic carbocycles. The molecule has 4 aliphatic rings. The van der Waals surface area contributed by atoms with Crippen LogP contribution in [0.25, 0.3) is 0 Å². The maximum absolute atomic E-state index is 10.5. The predicted molar refractivity (Wildman–Crippen MR) is 92.7 cm³/mol. The van der Waals surface area contributed by atoms with Gasteiger partial charge in [-0.2, -0.15) is 0 Å². The highest BCUT2D eigenvalue weighted by atomic mass is 16.5. The number of aliphatic hydroxyl groups is 1. The summed E-state index contributed by atoms with van der Waals surface area (Å²) >= 11 is 0. The van der Waals surface area contributed by atoms with Crippen LogP contribution in [0.2, 0.25) is 0 Å². The fourth-order valence-electron chi connectivity index (χ4n) is 6.40. The van der Waals surface area contributed by atoms with Gasteiger partial charge in [-0.3, -0.25) is 0 Å². The first kappa shape index (κ1) is 15.5. The van der Waals surface area contributed by atoms with Gasteiger partial charge in [0.25, 0.3) is 0 Å². The molecule has 6 atom stereocenters. The second-order valence-electron chi connectivity index (χ2n) is 8.69. The Bertz CT molecular complexity index is 613. The topological polar surface area (TPSA) is 29.5 Å². The van der Waals surface area contributed by atoms with Gasteiger partial charge in [-0.15, -0.1) is 0 Å². The molecule has 2 nitrogen and oxygen atoms in total. The van der Waals surface area contributed by atoms with E-state index in [0.29, 0.717) is 11.8 Å². The van der Waals surface area contributed by atoms with Gasteiger partial charge in [-0.1, -0.05) is 32.1 Å². The predicted octanol–water partition coefficient (Wildman–Crippen LogP) is 4.62. The first-order valence-corrected chi connectivity index (χ1v) is 9.23. The molecule has 0 saturated heterocycles. The number of methoxy groups -OCH3 is 1. The van der Waals surface area contributed by atoms with Gasteiger partial charge >= 0.3 is 0 Å². The molecule has 126 valence electrons. The molecule has 0 aromatic rings. The number of ether oxygens (including phenoxy) is 1.